The summed E-state index contributed by atoms with van der Waals surface area (Å²) in [6.45, 7) is 4.85. The number of aryl methyl sites for hydroxylation is 1. The van der Waals surface area contributed by atoms with Crippen LogP contribution in [0.3, 0.4) is 0 Å². The van der Waals surface area contributed by atoms with Gasteiger partial charge in [0, 0.05) is 6.07 Å². The molecular weight excluding hydrogens is 236 g/mol. The molecular formula is C17H28O2. The topological polar surface area (TPSA) is 29.5 Å². The lowest BCUT2D eigenvalue weighted by Crippen LogP contribution is -1.93. The molecule has 1 N–H and O–H groups in total. The van der Waals surface area contributed by atoms with Gasteiger partial charge in [0.1, 0.15) is 11.5 Å². The van der Waals surface area contributed by atoms with E-state index in [1.54, 1.807) is 6.07 Å². The number of hydrogen-bond acceptors (Lipinski definition) is 2. The van der Waals surface area contributed by atoms with E-state index in [1.807, 2.05) is 19.1 Å². The largest absolute Gasteiger partial charge is 0.508 e. The summed E-state index contributed by atoms with van der Waals surface area (Å²) in [7, 11) is 0. The number of benzene rings is 1. The van der Waals surface area contributed by atoms with Crippen LogP contribution in [0.25, 0.3) is 0 Å². The molecule has 1 aromatic rings. The molecule has 1 rings (SSSR count). The summed E-state index contributed by atoms with van der Waals surface area (Å²) in [5.41, 5.74) is 1.18. The van der Waals surface area contributed by atoms with E-state index < -0.39 is 0 Å². The third kappa shape index (κ3) is 7.09. The number of phenols is 1. The lowest BCUT2D eigenvalue weighted by atomic mass is 10.0. The normalized spacial score (nSPS) is 10.6. The van der Waals surface area contributed by atoms with Gasteiger partial charge in [-0.3, -0.25) is 0 Å². The molecule has 0 amide bonds. The van der Waals surface area contributed by atoms with Crippen molar-refractivity contribution in [2.24, 2.45) is 0 Å². The molecule has 0 saturated carbocycles. The smallest absolute Gasteiger partial charge is 0.123 e. The van der Waals surface area contributed by atoms with Crippen molar-refractivity contribution < 1.29 is 9.84 Å². The van der Waals surface area contributed by atoms with Crippen LogP contribution in [0.15, 0.2) is 18.2 Å². The molecule has 0 spiro atoms. The van der Waals surface area contributed by atoms with Crippen LogP contribution >= 0.6 is 0 Å². The fourth-order valence-electron chi connectivity index (χ4n) is 2.32. The van der Waals surface area contributed by atoms with Gasteiger partial charge in [0.15, 0.2) is 0 Å². The summed E-state index contributed by atoms with van der Waals surface area (Å²) in [6.07, 6.45) is 10.2. The zero-order chi connectivity index (χ0) is 13.9. The summed E-state index contributed by atoms with van der Waals surface area (Å²) >= 11 is 0. The highest BCUT2D eigenvalue weighted by Gasteiger charge is 2.01. The molecule has 0 aliphatic rings. The molecule has 19 heavy (non-hydrogen) atoms. The van der Waals surface area contributed by atoms with Crippen LogP contribution in [0, 0.1) is 0 Å². The van der Waals surface area contributed by atoms with E-state index in [2.05, 4.69) is 6.92 Å². The fraction of sp³-hybridized carbons (Fsp3) is 0.647. The van der Waals surface area contributed by atoms with Gasteiger partial charge < -0.3 is 9.84 Å². The third-order valence-electron chi connectivity index (χ3n) is 3.33. The Kier molecular flexibility index (Phi) is 8.11. The third-order valence-corrected chi connectivity index (χ3v) is 3.33. The zero-order valence-electron chi connectivity index (χ0n) is 12.5. The van der Waals surface area contributed by atoms with Gasteiger partial charge in [-0.05, 0) is 37.5 Å². The second kappa shape index (κ2) is 9.71. The minimum Gasteiger partial charge on any atom is -0.508 e. The van der Waals surface area contributed by atoms with Crippen molar-refractivity contribution in [3.8, 4) is 11.5 Å². The molecule has 0 aromatic heterocycles. The molecule has 2 nitrogen and oxygen atoms in total. The molecule has 0 radical (unpaired) electrons. The van der Waals surface area contributed by atoms with E-state index in [9.17, 15) is 5.11 Å². The lowest BCUT2D eigenvalue weighted by Gasteiger charge is -2.07. The van der Waals surface area contributed by atoms with E-state index in [-0.39, 0.29) is 0 Å². The number of hydrogen-bond donors (Lipinski definition) is 1. The Balaban J connectivity index is 2.25. The van der Waals surface area contributed by atoms with E-state index in [1.165, 1.54) is 50.5 Å². The van der Waals surface area contributed by atoms with Crippen molar-refractivity contribution in [3.05, 3.63) is 23.8 Å². The molecule has 1 aromatic carbocycles. The van der Waals surface area contributed by atoms with Crippen LogP contribution < -0.4 is 4.74 Å². The molecule has 0 bridgehead atoms. The Morgan fingerprint density at radius 2 is 1.58 bits per heavy atom. The molecule has 0 unspecified atom stereocenters. The highest BCUT2D eigenvalue weighted by atomic mass is 16.5. The molecule has 0 aliphatic heterocycles. The van der Waals surface area contributed by atoms with Crippen LogP contribution in [0.1, 0.15) is 64.4 Å². The monoisotopic (exact) mass is 264 g/mol. The minimum atomic E-state index is 0.309. The first-order valence-corrected chi connectivity index (χ1v) is 7.72. The second-order valence-corrected chi connectivity index (χ2v) is 5.14. The SMILES string of the molecule is CCCCCCCCCc1cc(O)cc(OCC)c1. The summed E-state index contributed by atoms with van der Waals surface area (Å²) in [5, 5.41) is 9.64. The van der Waals surface area contributed by atoms with E-state index in [0.717, 1.165) is 12.2 Å². The van der Waals surface area contributed by atoms with Crippen molar-refractivity contribution in [2.45, 2.75) is 65.2 Å². The predicted octanol–water partition coefficient (Wildman–Crippen LogP) is 5.08. The molecule has 108 valence electrons. The van der Waals surface area contributed by atoms with Gasteiger partial charge in [0.2, 0.25) is 0 Å². The van der Waals surface area contributed by atoms with E-state index >= 15 is 0 Å². The average molecular weight is 264 g/mol. The van der Waals surface area contributed by atoms with Crippen molar-refractivity contribution in [1.82, 2.24) is 0 Å². The van der Waals surface area contributed by atoms with Crippen molar-refractivity contribution in [1.29, 1.82) is 0 Å². The van der Waals surface area contributed by atoms with Crippen LogP contribution in [0.2, 0.25) is 0 Å². The van der Waals surface area contributed by atoms with Crippen LogP contribution in [-0.4, -0.2) is 11.7 Å². The van der Waals surface area contributed by atoms with E-state index in [0.29, 0.717) is 12.4 Å². The van der Waals surface area contributed by atoms with Gasteiger partial charge in [-0.15, -0.1) is 0 Å². The number of aromatic hydroxyl groups is 1. The molecule has 0 fully saturated rings. The Hall–Kier alpha value is -1.18. The summed E-state index contributed by atoms with van der Waals surface area (Å²) in [4.78, 5) is 0. The Morgan fingerprint density at radius 1 is 0.895 bits per heavy atom. The molecule has 2 heteroatoms. The quantitative estimate of drug-likeness (QED) is 0.597. The van der Waals surface area contributed by atoms with Gasteiger partial charge in [-0.25, -0.2) is 0 Å². The van der Waals surface area contributed by atoms with Gasteiger partial charge >= 0.3 is 0 Å². The average Bonchev–Trinajstić information content (AvgIpc) is 2.37. The number of rotatable bonds is 10. The highest BCUT2D eigenvalue weighted by Crippen LogP contribution is 2.23. The van der Waals surface area contributed by atoms with Gasteiger partial charge in [-0.1, -0.05) is 45.4 Å². The zero-order valence-corrected chi connectivity index (χ0v) is 12.5. The maximum atomic E-state index is 9.64. The Bertz CT molecular complexity index is 347. The Morgan fingerprint density at radius 3 is 2.26 bits per heavy atom. The van der Waals surface area contributed by atoms with Crippen molar-refractivity contribution in [3.63, 3.8) is 0 Å². The first kappa shape index (κ1) is 15.9. The molecule has 0 atom stereocenters. The fourth-order valence-corrected chi connectivity index (χ4v) is 2.32. The standard InChI is InChI=1S/C17H28O2/c1-3-5-6-7-8-9-10-11-15-12-16(18)14-17(13-15)19-4-2/h12-14,18H,3-11H2,1-2H3. The lowest BCUT2D eigenvalue weighted by molar-refractivity contribution is 0.337. The molecule has 0 saturated heterocycles. The maximum absolute atomic E-state index is 9.64. The predicted molar refractivity (Wildman–Crippen MR) is 81.0 cm³/mol. The maximum Gasteiger partial charge on any atom is 0.123 e. The van der Waals surface area contributed by atoms with E-state index in [4.69, 9.17) is 4.74 Å². The first-order chi connectivity index (χ1) is 9.26. The van der Waals surface area contributed by atoms with Gasteiger partial charge in [-0.2, -0.15) is 0 Å². The summed E-state index contributed by atoms with van der Waals surface area (Å²) in [6, 6.07) is 5.57. The molecule has 0 aliphatic carbocycles. The number of ether oxygens (including phenoxy) is 1. The highest BCUT2D eigenvalue weighted by molar-refractivity contribution is 5.37. The van der Waals surface area contributed by atoms with Crippen LogP contribution in [0.4, 0.5) is 0 Å². The molecule has 0 heterocycles. The van der Waals surface area contributed by atoms with Gasteiger partial charge in [0.25, 0.3) is 0 Å². The van der Waals surface area contributed by atoms with Crippen molar-refractivity contribution in [2.75, 3.05) is 6.61 Å². The summed E-state index contributed by atoms with van der Waals surface area (Å²) in [5.74, 6) is 1.09. The van der Waals surface area contributed by atoms with Crippen molar-refractivity contribution >= 4 is 0 Å². The second-order valence-electron chi connectivity index (χ2n) is 5.14. The number of phenolic OH excluding ortho intramolecular Hbond substituents is 1. The number of unbranched alkanes of at least 4 members (excludes halogenated alkanes) is 6. The van der Waals surface area contributed by atoms with Crippen LogP contribution in [-0.2, 0) is 6.42 Å². The van der Waals surface area contributed by atoms with Gasteiger partial charge in [0.05, 0.1) is 6.61 Å². The van der Waals surface area contributed by atoms with Crippen LogP contribution in [0.5, 0.6) is 11.5 Å². The first-order valence-electron chi connectivity index (χ1n) is 7.72. The minimum absolute atomic E-state index is 0.309. The summed E-state index contributed by atoms with van der Waals surface area (Å²) < 4.78 is 5.44. The Labute approximate surface area is 117 Å².